The molecule has 4 aromatic carbocycles. The molecule has 4 rings (SSSR count). The quantitative estimate of drug-likeness (QED) is 0.114. The Morgan fingerprint density at radius 2 is 1.41 bits per heavy atom. The molecule has 0 bridgehead atoms. The molecule has 0 saturated heterocycles. The van der Waals surface area contributed by atoms with Gasteiger partial charge in [0, 0.05) is 16.0 Å². The fraction of sp³-hybridized carbons (Fsp3) is 0.103. The Bertz CT molecular complexity index is 1610. The van der Waals surface area contributed by atoms with Gasteiger partial charge < -0.3 is 9.79 Å². The Kier molecular flexibility index (Phi) is 10.9. The van der Waals surface area contributed by atoms with E-state index in [9.17, 15) is 28.0 Å². The Labute approximate surface area is 249 Å². The highest BCUT2D eigenvalue weighted by atomic mass is 79.9. The summed E-state index contributed by atoms with van der Waals surface area (Å²) in [5.41, 5.74) is 5.31. The van der Waals surface area contributed by atoms with Crippen LogP contribution in [0.3, 0.4) is 0 Å². The molecular formula is C29H25BrF2O6P2S. The number of rotatable bonds is 12. The third kappa shape index (κ3) is 8.80. The zero-order valence-electron chi connectivity index (χ0n) is 21.4. The summed E-state index contributed by atoms with van der Waals surface area (Å²) < 4.78 is 55.6. The van der Waals surface area contributed by atoms with Gasteiger partial charge in [-0.25, -0.2) is 0 Å². The van der Waals surface area contributed by atoms with E-state index in [0.717, 1.165) is 22.3 Å². The van der Waals surface area contributed by atoms with Crippen molar-refractivity contribution in [2.45, 2.75) is 17.7 Å². The average Bonchev–Trinajstić information content (AvgIpc) is 2.98. The molecule has 0 aliphatic heterocycles. The van der Waals surface area contributed by atoms with Crippen molar-refractivity contribution in [3.8, 4) is 11.1 Å². The summed E-state index contributed by atoms with van der Waals surface area (Å²) in [5, 5.41) is -0.0313. The molecule has 2 N–H and O–H groups in total. The van der Waals surface area contributed by atoms with Crippen LogP contribution in [0.25, 0.3) is 23.3 Å². The first-order valence-electron chi connectivity index (χ1n) is 12.2. The maximum atomic E-state index is 12.4. The molecule has 0 heterocycles. The summed E-state index contributed by atoms with van der Waals surface area (Å²) in [6.45, 7) is 0. The van der Waals surface area contributed by atoms with E-state index in [1.54, 1.807) is 42.1 Å². The number of halogens is 3. The van der Waals surface area contributed by atoms with Gasteiger partial charge in [0.05, 0.1) is 11.5 Å². The van der Waals surface area contributed by atoms with Gasteiger partial charge in [0.25, 0.3) is 0 Å². The van der Waals surface area contributed by atoms with Crippen molar-refractivity contribution in [3.63, 3.8) is 0 Å². The van der Waals surface area contributed by atoms with E-state index in [1.165, 1.54) is 6.07 Å². The molecule has 0 aliphatic rings. The highest BCUT2D eigenvalue weighted by Crippen LogP contribution is 2.53. The molecular weight excluding hydrogens is 656 g/mol. The van der Waals surface area contributed by atoms with Crippen LogP contribution in [0.5, 0.6) is 0 Å². The summed E-state index contributed by atoms with van der Waals surface area (Å²) in [6.07, 6.45) is 2.97. The van der Waals surface area contributed by atoms with E-state index in [4.69, 9.17) is 0 Å². The van der Waals surface area contributed by atoms with Crippen LogP contribution < -0.4 is 5.30 Å². The van der Waals surface area contributed by atoms with Crippen LogP contribution in [0.4, 0.5) is 9.05 Å². The first kappa shape index (κ1) is 31.5. The lowest BCUT2D eigenvalue weighted by molar-refractivity contribution is -0.0881. The number of thioether (sulfide) groups is 1. The maximum absolute atomic E-state index is 12.4. The molecule has 12 heteroatoms. The SMILES string of the molecule is O=P(Cc1ccc(CSCc2ccc(-c3ccc(C=Cc4ccccc4)c(P(=O)(O)O)c3)cc2)cc1Br)(OF)OF. The van der Waals surface area contributed by atoms with Gasteiger partial charge >= 0.3 is 15.2 Å². The van der Waals surface area contributed by atoms with E-state index in [-0.39, 0.29) is 5.30 Å². The molecule has 6 nitrogen and oxygen atoms in total. The van der Waals surface area contributed by atoms with Gasteiger partial charge in [0.2, 0.25) is 0 Å². The standard InChI is InChI=1S/C29H25BrF2O6P2S/c30-28-16-23(9-13-27(28)18-39(33,37-31)38-32)20-41-19-22-7-10-24(11-8-22)26-15-14-25(29(17-26)40(34,35)36)12-6-21-4-2-1-3-5-21/h1-17H,18-20H2,(H2,34,35,36). The molecule has 0 amide bonds. The molecule has 0 spiro atoms. The number of hydrogen-bond acceptors (Lipinski definition) is 5. The summed E-state index contributed by atoms with van der Waals surface area (Å²) in [4.78, 5) is 20.0. The smallest absolute Gasteiger partial charge is 0.321 e. The lowest BCUT2D eigenvalue weighted by Crippen LogP contribution is -2.08. The van der Waals surface area contributed by atoms with Crippen molar-refractivity contribution in [2.24, 2.45) is 0 Å². The summed E-state index contributed by atoms with van der Waals surface area (Å²) in [6, 6.07) is 27.5. The van der Waals surface area contributed by atoms with Crippen LogP contribution in [-0.4, -0.2) is 9.79 Å². The van der Waals surface area contributed by atoms with Crippen molar-refractivity contribution >= 4 is 60.3 Å². The largest absolute Gasteiger partial charge is 0.399 e. The molecule has 0 unspecified atom stereocenters. The van der Waals surface area contributed by atoms with E-state index in [0.29, 0.717) is 32.7 Å². The lowest BCUT2D eigenvalue weighted by atomic mass is 10.0. The van der Waals surface area contributed by atoms with Gasteiger partial charge in [0.15, 0.2) is 0 Å². The van der Waals surface area contributed by atoms with E-state index >= 15 is 0 Å². The average molecular weight is 681 g/mol. The van der Waals surface area contributed by atoms with Gasteiger partial charge in [-0.05, 0) is 60.1 Å². The predicted molar refractivity (Wildman–Crippen MR) is 164 cm³/mol. The molecule has 0 atom stereocenters. The summed E-state index contributed by atoms with van der Waals surface area (Å²) >= 11 is 4.98. The van der Waals surface area contributed by atoms with Gasteiger partial charge in [-0.15, -0.1) is 9.46 Å². The number of hydrogen-bond donors (Lipinski definition) is 2. The normalized spacial score (nSPS) is 12.2. The topological polar surface area (TPSA) is 93.1 Å². The highest BCUT2D eigenvalue weighted by Gasteiger charge is 2.29. The molecule has 41 heavy (non-hydrogen) atoms. The van der Waals surface area contributed by atoms with Crippen molar-refractivity contribution in [2.75, 3.05) is 0 Å². The zero-order chi connectivity index (χ0) is 29.5. The first-order chi connectivity index (χ1) is 19.6. The molecule has 0 aliphatic carbocycles. The molecule has 0 saturated carbocycles. The first-order valence-corrected chi connectivity index (χ1v) is 17.5. The fourth-order valence-corrected chi connectivity index (χ4v) is 7.36. The van der Waals surface area contributed by atoms with Gasteiger partial charge in [-0.1, -0.05) is 107 Å². The molecule has 214 valence electrons. The highest BCUT2D eigenvalue weighted by molar-refractivity contribution is 9.10. The van der Waals surface area contributed by atoms with Crippen molar-refractivity contribution in [3.05, 3.63) is 123 Å². The zero-order valence-corrected chi connectivity index (χ0v) is 25.6. The van der Waals surface area contributed by atoms with Crippen LogP contribution in [0.15, 0.2) is 95.5 Å². The van der Waals surface area contributed by atoms with Gasteiger partial charge in [0.1, 0.15) is 0 Å². The second kappa shape index (κ2) is 14.2. The second-order valence-electron chi connectivity index (χ2n) is 9.08. The summed E-state index contributed by atoms with van der Waals surface area (Å²) in [5.74, 6) is 1.36. The monoisotopic (exact) mass is 680 g/mol. The third-order valence-corrected chi connectivity index (χ3v) is 10.1. The lowest BCUT2D eigenvalue weighted by Gasteiger charge is -2.12. The summed E-state index contributed by atoms with van der Waals surface area (Å²) in [7, 11) is -8.99. The van der Waals surface area contributed by atoms with Crippen LogP contribution in [0.2, 0.25) is 0 Å². The molecule has 0 aromatic heterocycles. The van der Waals surface area contributed by atoms with Crippen LogP contribution in [0.1, 0.15) is 27.8 Å². The van der Waals surface area contributed by atoms with E-state index in [2.05, 4.69) is 25.4 Å². The van der Waals surface area contributed by atoms with Gasteiger partial charge in [-0.3, -0.25) is 9.13 Å². The third-order valence-electron chi connectivity index (χ3n) is 6.12. The van der Waals surface area contributed by atoms with Crippen LogP contribution in [0, 0.1) is 0 Å². The van der Waals surface area contributed by atoms with Gasteiger partial charge in [-0.2, -0.15) is 11.8 Å². The van der Waals surface area contributed by atoms with Crippen LogP contribution >= 0.6 is 42.9 Å². The van der Waals surface area contributed by atoms with Crippen LogP contribution in [-0.2, 0) is 36.3 Å². The number of benzene rings is 4. The predicted octanol–water partition coefficient (Wildman–Crippen LogP) is 9.02. The maximum Gasteiger partial charge on any atom is 0.399 e. The molecule has 4 aromatic rings. The van der Waals surface area contributed by atoms with E-state index in [1.807, 2.05) is 66.7 Å². The Balaban J connectivity index is 1.40. The fourth-order valence-electron chi connectivity index (χ4n) is 4.02. The minimum atomic E-state index is -4.52. The Hall–Kier alpha value is -2.39. The molecule has 0 fully saturated rings. The Morgan fingerprint density at radius 1 is 0.780 bits per heavy atom. The van der Waals surface area contributed by atoms with Crippen molar-refractivity contribution < 1.29 is 37.4 Å². The Morgan fingerprint density at radius 3 is 2.05 bits per heavy atom. The van der Waals surface area contributed by atoms with Crippen molar-refractivity contribution in [1.82, 2.24) is 0 Å². The van der Waals surface area contributed by atoms with Crippen molar-refractivity contribution in [1.29, 1.82) is 0 Å². The molecule has 0 radical (unpaired) electrons. The minimum absolute atomic E-state index is 0.0313. The second-order valence-corrected chi connectivity index (χ2v) is 14.3. The van der Waals surface area contributed by atoms with E-state index < -0.39 is 21.4 Å². The minimum Gasteiger partial charge on any atom is -0.321 e.